The monoisotopic (exact) mass is 341 g/mol. The number of carbonyl (C=O) groups excluding carboxylic acids is 1. The standard InChI is InChI=1S/C15H23N3O4S/c1-2-3-7-12-22-23(20,21)13-8-5-4-6-9-17-15(19)18-11-10-16-14-18/h5-6,8-11,14H,2-4,7,12-13H2,1H3,(H,17,19). The molecule has 0 aromatic carbocycles. The lowest BCUT2D eigenvalue weighted by Crippen LogP contribution is -2.22. The number of carbonyl (C=O) groups is 1. The Morgan fingerprint density at radius 3 is 2.83 bits per heavy atom. The first kappa shape index (κ1) is 19.1. The smallest absolute Gasteiger partial charge is 0.314 e. The molecule has 1 amide bonds. The van der Waals surface area contributed by atoms with Crippen molar-refractivity contribution in [2.24, 2.45) is 0 Å². The second-order valence-corrected chi connectivity index (χ2v) is 6.47. The molecule has 0 bridgehead atoms. The number of nitrogens with one attached hydrogen (secondary N) is 1. The van der Waals surface area contributed by atoms with Crippen LogP contribution in [0.15, 0.2) is 43.1 Å². The molecule has 0 atom stereocenters. The highest BCUT2D eigenvalue weighted by Gasteiger charge is 2.07. The lowest BCUT2D eigenvalue weighted by molar-refractivity contribution is 0.245. The van der Waals surface area contributed by atoms with E-state index in [2.05, 4.69) is 10.3 Å². The minimum absolute atomic E-state index is 0.144. The molecular formula is C15H23N3O4S. The van der Waals surface area contributed by atoms with Crippen molar-refractivity contribution in [2.75, 3.05) is 12.4 Å². The van der Waals surface area contributed by atoms with E-state index in [9.17, 15) is 13.2 Å². The van der Waals surface area contributed by atoms with Gasteiger partial charge in [0.2, 0.25) is 0 Å². The van der Waals surface area contributed by atoms with Gasteiger partial charge in [0.25, 0.3) is 10.1 Å². The Morgan fingerprint density at radius 1 is 1.30 bits per heavy atom. The summed E-state index contributed by atoms with van der Waals surface area (Å²) in [4.78, 5) is 15.3. The van der Waals surface area contributed by atoms with Crippen LogP contribution in [0.1, 0.15) is 32.6 Å². The van der Waals surface area contributed by atoms with Gasteiger partial charge in [0.05, 0.1) is 12.4 Å². The number of aromatic nitrogens is 2. The molecule has 1 aromatic heterocycles. The van der Waals surface area contributed by atoms with Gasteiger partial charge in [-0.15, -0.1) is 0 Å². The zero-order valence-electron chi connectivity index (χ0n) is 13.2. The lowest BCUT2D eigenvalue weighted by Gasteiger charge is -2.02. The molecule has 23 heavy (non-hydrogen) atoms. The van der Waals surface area contributed by atoms with E-state index < -0.39 is 10.1 Å². The summed E-state index contributed by atoms with van der Waals surface area (Å²) in [6.07, 6.45) is 14.1. The van der Waals surface area contributed by atoms with E-state index in [1.54, 1.807) is 12.2 Å². The Labute approximate surface area is 137 Å². The third-order valence-electron chi connectivity index (χ3n) is 2.81. The Morgan fingerprint density at radius 2 is 2.13 bits per heavy atom. The molecule has 8 heteroatoms. The molecule has 0 fully saturated rings. The Balaban J connectivity index is 2.18. The summed E-state index contributed by atoms with van der Waals surface area (Å²) >= 11 is 0. The van der Waals surface area contributed by atoms with Gasteiger partial charge in [0.1, 0.15) is 6.33 Å². The topological polar surface area (TPSA) is 90.3 Å². The van der Waals surface area contributed by atoms with E-state index in [1.165, 1.54) is 35.6 Å². The molecule has 0 radical (unpaired) electrons. The third-order valence-corrected chi connectivity index (χ3v) is 3.94. The average molecular weight is 341 g/mol. The minimum atomic E-state index is -3.49. The molecule has 1 N–H and O–H groups in total. The molecular weight excluding hydrogens is 318 g/mol. The number of rotatable bonds is 10. The maximum absolute atomic E-state index is 11.5. The molecule has 0 spiro atoms. The van der Waals surface area contributed by atoms with Crippen LogP contribution in [0.5, 0.6) is 0 Å². The quantitative estimate of drug-likeness (QED) is 0.401. The normalized spacial score (nSPS) is 12.2. The molecule has 1 heterocycles. The first-order chi connectivity index (χ1) is 11.0. The fourth-order valence-corrected chi connectivity index (χ4v) is 2.44. The van der Waals surface area contributed by atoms with Crippen molar-refractivity contribution >= 4 is 16.1 Å². The van der Waals surface area contributed by atoms with E-state index in [4.69, 9.17) is 4.18 Å². The molecule has 0 aliphatic rings. The molecule has 1 rings (SSSR count). The van der Waals surface area contributed by atoms with Gasteiger partial charge in [-0.25, -0.2) is 9.78 Å². The van der Waals surface area contributed by atoms with E-state index in [-0.39, 0.29) is 18.4 Å². The predicted octanol–water partition coefficient (Wildman–Crippen LogP) is 2.44. The first-order valence-electron chi connectivity index (χ1n) is 7.51. The van der Waals surface area contributed by atoms with E-state index in [0.717, 1.165) is 19.3 Å². The molecule has 7 nitrogen and oxygen atoms in total. The summed E-state index contributed by atoms with van der Waals surface area (Å²) in [6.45, 7) is 2.28. The summed E-state index contributed by atoms with van der Waals surface area (Å²) in [6, 6.07) is -0.314. The summed E-state index contributed by atoms with van der Waals surface area (Å²) in [7, 11) is -3.49. The highest BCUT2D eigenvalue weighted by molar-refractivity contribution is 7.86. The van der Waals surface area contributed by atoms with Crippen LogP contribution in [0.25, 0.3) is 0 Å². The van der Waals surface area contributed by atoms with Crippen molar-refractivity contribution in [1.29, 1.82) is 0 Å². The average Bonchev–Trinajstić information content (AvgIpc) is 3.05. The Hall–Kier alpha value is -1.93. The van der Waals surface area contributed by atoms with Crippen molar-refractivity contribution < 1.29 is 17.4 Å². The molecule has 128 valence electrons. The van der Waals surface area contributed by atoms with Gasteiger partial charge < -0.3 is 5.32 Å². The van der Waals surface area contributed by atoms with E-state index in [1.807, 2.05) is 6.92 Å². The van der Waals surface area contributed by atoms with Crippen LogP contribution in [-0.4, -0.2) is 36.4 Å². The predicted molar refractivity (Wildman–Crippen MR) is 88.3 cm³/mol. The third kappa shape index (κ3) is 8.94. The Bertz CT molecular complexity index is 607. The largest absolute Gasteiger partial charge is 0.330 e. The number of allylic oxidation sites excluding steroid dienone is 2. The fourth-order valence-electron chi connectivity index (χ4n) is 1.60. The van der Waals surface area contributed by atoms with Crippen molar-refractivity contribution in [3.05, 3.63) is 43.1 Å². The summed E-state index contributed by atoms with van der Waals surface area (Å²) < 4.78 is 29.3. The van der Waals surface area contributed by atoms with Crippen LogP contribution in [0.3, 0.4) is 0 Å². The van der Waals surface area contributed by atoms with Crippen LogP contribution in [-0.2, 0) is 14.3 Å². The van der Waals surface area contributed by atoms with Crippen molar-refractivity contribution in [1.82, 2.24) is 14.9 Å². The van der Waals surface area contributed by atoms with Crippen LogP contribution >= 0.6 is 0 Å². The van der Waals surface area contributed by atoms with Crippen LogP contribution in [0.2, 0.25) is 0 Å². The highest BCUT2D eigenvalue weighted by atomic mass is 32.2. The maximum Gasteiger partial charge on any atom is 0.330 e. The van der Waals surface area contributed by atoms with Crippen LogP contribution in [0.4, 0.5) is 4.79 Å². The summed E-state index contributed by atoms with van der Waals surface area (Å²) in [5, 5.41) is 2.56. The van der Waals surface area contributed by atoms with Crippen LogP contribution < -0.4 is 5.32 Å². The van der Waals surface area contributed by atoms with Crippen molar-refractivity contribution in [2.45, 2.75) is 32.6 Å². The van der Waals surface area contributed by atoms with Gasteiger partial charge >= 0.3 is 6.03 Å². The molecule has 0 unspecified atom stereocenters. The van der Waals surface area contributed by atoms with Crippen molar-refractivity contribution in [3.63, 3.8) is 0 Å². The number of amides is 1. The zero-order chi connectivity index (χ0) is 17.0. The SMILES string of the molecule is CCCCCOS(=O)(=O)CC=CCC=CNC(=O)n1ccnc1. The van der Waals surface area contributed by atoms with Gasteiger partial charge in [0, 0.05) is 18.6 Å². The lowest BCUT2D eigenvalue weighted by atomic mass is 10.3. The van der Waals surface area contributed by atoms with Gasteiger partial charge in [-0.3, -0.25) is 8.75 Å². The van der Waals surface area contributed by atoms with E-state index >= 15 is 0 Å². The molecule has 0 saturated carbocycles. The Kier molecular flexibility index (Phi) is 8.93. The number of hydrogen-bond donors (Lipinski definition) is 1. The second-order valence-electron chi connectivity index (χ2n) is 4.78. The number of nitrogens with zero attached hydrogens (tertiary/aromatic N) is 2. The molecule has 1 aromatic rings. The van der Waals surface area contributed by atoms with Gasteiger partial charge in [-0.05, 0) is 12.8 Å². The summed E-state index contributed by atoms with van der Waals surface area (Å²) in [5.74, 6) is -0.144. The minimum Gasteiger partial charge on any atom is -0.314 e. The van der Waals surface area contributed by atoms with Gasteiger partial charge in [-0.1, -0.05) is 38.0 Å². The maximum atomic E-state index is 11.5. The molecule has 0 aliphatic carbocycles. The number of unbranched alkanes of at least 4 members (excludes halogenated alkanes) is 2. The second kappa shape index (κ2) is 10.7. The highest BCUT2D eigenvalue weighted by Crippen LogP contribution is 2.00. The van der Waals surface area contributed by atoms with Crippen molar-refractivity contribution in [3.8, 4) is 0 Å². The number of hydrogen-bond acceptors (Lipinski definition) is 5. The summed E-state index contributed by atoms with van der Waals surface area (Å²) in [5.41, 5.74) is 0. The zero-order valence-corrected chi connectivity index (χ0v) is 14.0. The molecule has 0 saturated heterocycles. The first-order valence-corrected chi connectivity index (χ1v) is 9.09. The van der Waals surface area contributed by atoms with Gasteiger partial charge in [0.15, 0.2) is 0 Å². The molecule has 0 aliphatic heterocycles. The van der Waals surface area contributed by atoms with Crippen LogP contribution in [0, 0.1) is 0 Å². The van der Waals surface area contributed by atoms with E-state index in [0.29, 0.717) is 6.42 Å². The fraction of sp³-hybridized carbons (Fsp3) is 0.467. The number of imidazole rings is 1. The van der Waals surface area contributed by atoms with Gasteiger partial charge in [-0.2, -0.15) is 8.42 Å².